The molecule has 0 radical (unpaired) electrons. The third-order valence-corrected chi connectivity index (χ3v) is 4.69. The molecule has 1 saturated heterocycles. The number of halogens is 3. The van der Waals surface area contributed by atoms with E-state index in [9.17, 15) is 18.0 Å². The number of carbonyl (C=O) groups excluding carboxylic acids is 1. The maximum absolute atomic E-state index is 13.0. The summed E-state index contributed by atoms with van der Waals surface area (Å²) in [5.74, 6) is -0.278. The third-order valence-electron chi connectivity index (χ3n) is 4.69. The number of hydrogen-bond donors (Lipinski definition) is 0. The van der Waals surface area contributed by atoms with Crippen LogP contribution < -0.4 is 4.74 Å². The zero-order valence-corrected chi connectivity index (χ0v) is 15.0. The van der Waals surface area contributed by atoms with E-state index in [0.29, 0.717) is 30.0 Å². The van der Waals surface area contributed by atoms with Gasteiger partial charge in [-0.3, -0.25) is 9.20 Å². The first-order valence-electron chi connectivity index (χ1n) is 8.76. The first kappa shape index (κ1) is 18.3. The van der Waals surface area contributed by atoms with Crippen LogP contribution in [0.15, 0.2) is 42.7 Å². The highest BCUT2D eigenvalue weighted by molar-refractivity contribution is 5.94. The Morgan fingerprint density at radius 2 is 2.11 bits per heavy atom. The molecule has 9 heteroatoms. The summed E-state index contributed by atoms with van der Waals surface area (Å²) in [5, 5.41) is 0. The molecule has 1 aliphatic rings. The molecule has 0 saturated carbocycles. The Balaban J connectivity index is 1.48. The molecule has 0 unspecified atom stereocenters. The minimum Gasteiger partial charge on any atom is -0.472 e. The topological polar surface area (TPSA) is 59.7 Å². The average Bonchev–Trinajstić information content (AvgIpc) is 3.24. The van der Waals surface area contributed by atoms with Crippen LogP contribution in [0.5, 0.6) is 5.88 Å². The van der Waals surface area contributed by atoms with Crippen LogP contribution >= 0.6 is 0 Å². The van der Waals surface area contributed by atoms with Gasteiger partial charge < -0.3 is 9.64 Å². The molecule has 1 amide bonds. The van der Waals surface area contributed by atoms with E-state index in [-0.39, 0.29) is 18.3 Å². The number of amides is 1. The summed E-state index contributed by atoms with van der Waals surface area (Å²) in [4.78, 5) is 22.8. The molecule has 3 aromatic heterocycles. The van der Waals surface area contributed by atoms with Crippen LogP contribution in [0.4, 0.5) is 13.2 Å². The van der Waals surface area contributed by atoms with Gasteiger partial charge in [0.15, 0.2) is 0 Å². The summed E-state index contributed by atoms with van der Waals surface area (Å²) in [5.41, 5.74) is 0.974. The van der Waals surface area contributed by atoms with Gasteiger partial charge in [0.05, 0.1) is 17.8 Å². The van der Waals surface area contributed by atoms with Crippen LogP contribution in [-0.4, -0.2) is 44.4 Å². The Kier molecular flexibility index (Phi) is 4.44. The van der Waals surface area contributed by atoms with Gasteiger partial charge in [-0.2, -0.15) is 13.2 Å². The minimum absolute atomic E-state index is 0.0971. The summed E-state index contributed by atoms with van der Waals surface area (Å²) < 4.78 is 45.8. The fraction of sp³-hybridized carbons (Fsp3) is 0.316. The van der Waals surface area contributed by atoms with Crippen LogP contribution in [0.3, 0.4) is 0 Å². The van der Waals surface area contributed by atoms with Gasteiger partial charge in [0.25, 0.3) is 5.91 Å². The molecule has 146 valence electrons. The molecular weight excluding hydrogens is 373 g/mol. The zero-order valence-electron chi connectivity index (χ0n) is 15.0. The Hall–Kier alpha value is -3.10. The van der Waals surface area contributed by atoms with Crippen molar-refractivity contribution in [1.29, 1.82) is 0 Å². The van der Waals surface area contributed by atoms with E-state index in [2.05, 4.69) is 9.97 Å². The second-order valence-electron chi connectivity index (χ2n) is 6.63. The lowest BCUT2D eigenvalue weighted by molar-refractivity contribution is -0.137. The summed E-state index contributed by atoms with van der Waals surface area (Å²) >= 11 is 0. The highest BCUT2D eigenvalue weighted by Gasteiger charge is 2.33. The van der Waals surface area contributed by atoms with Crippen molar-refractivity contribution in [2.75, 3.05) is 13.1 Å². The minimum atomic E-state index is -4.46. The predicted molar refractivity (Wildman–Crippen MR) is 94.1 cm³/mol. The number of pyridine rings is 2. The second kappa shape index (κ2) is 6.81. The number of hydrogen-bond acceptors (Lipinski definition) is 4. The molecule has 0 bridgehead atoms. The molecule has 0 aromatic carbocycles. The van der Waals surface area contributed by atoms with E-state index in [1.165, 1.54) is 0 Å². The van der Waals surface area contributed by atoms with Gasteiger partial charge in [0.2, 0.25) is 5.88 Å². The first-order chi connectivity index (χ1) is 13.3. The smallest absolute Gasteiger partial charge is 0.416 e. The van der Waals surface area contributed by atoms with Crippen LogP contribution in [0.1, 0.15) is 28.2 Å². The number of rotatable bonds is 3. The van der Waals surface area contributed by atoms with Crippen LogP contribution in [0, 0.1) is 6.92 Å². The van der Waals surface area contributed by atoms with Crippen molar-refractivity contribution < 1.29 is 22.7 Å². The standard InChI is InChI=1S/C19H17F3N4O2/c1-12-17(26-8-3-2-4-15(26)24-12)18(27)25-9-6-14(11-25)28-16-10-13(5-7-23-16)19(20,21)22/h2-5,7-8,10,14H,6,9,11H2,1H3/t14-/m0/s1. The maximum Gasteiger partial charge on any atom is 0.416 e. The van der Waals surface area contributed by atoms with Crippen LogP contribution in [0.2, 0.25) is 0 Å². The normalized spacial score (nSPS) is 17.3. The molecule has 1 fully saturated rings. The first-order valence-corrected chi connectivity index (χ1v) is 8.76. The number of likely N-dealkylation sites (tertiary alicyclic amines) is 1. The largest absolute Gasteiger partial charge is 0.472 e. The number of fused-ring (bicyclic) bond motifs is 1. The number of imidazole rings is 1. The number of aryl methyl sites for hydroxylation is 1. The Morgan fingerprint density at radius 3 is 2.89 bits per heavy atom. The number of nitrogens with zero attached hydrogens (tertiary/aromatic N) is 4. The van der Waals surface area contributed by atoms with E-state index in [4.69, 9.17) is 4.74 Å². The monoisotopic (exact) mass is 390 g/mol. The molecule has 3 aromatic rings. The summed E-state index contributed by atoms with van der Waals surface area (Å²) in [6, 6.07) is 7.25. The van der Waals surface area contributed by atoms with E-state index >= 15 is 0 Å². The molecule has 4 rings (SSSR count). The lowest BCUT2D eigenvalue weighted by Crippen LogP contribution is -2.32. The number of ether oxygens (including phenoxy) is 1. The van der Waals surface area contributed by atoms with E-state index in [1.807, 2.05) is 18.2 Å². The van der Waals surface area contributed by atoms with Gasteiger partial charge >= 0.3 is 6.18 Å². The van der Waals surface area contributed by atoms with Gasteiger partial charge in [-0.05, 0) is 25.1 Å². The quantitative estimate of drug-likeness (QED) is 0.688. The third kappa shape index (κ3) is 3.39. The highest BCUT2D eigenvalue weighted by atomic mass is 19.4. The average molecular weight is 390 g/mol. The molecule has 0 spiro atoms. The van der Waals surface area contributed by atoms with E-state index < -0.39 is 17.8 Å². The summed E-state index contributed by atoms with van der Waals surface area (Å²) in [7, 11) is 0. The van der Waals surface area contributed by atoms with E-state index in [0.717, 1.165) is 18.3 Å². The number of carbonyl (C=O) groups is 1. The Morgan fingerprint density at radius 1 is 1.29 bits per heavy atom. The fourth-order valence-electron chi connectivity index (χ4n) is 3.35. The van der Waals surface area contributed by atoms with Crippen molar-refractivity contribution in [2.45, 2.75) is 25.6 Å². The number of aromatic nitrogens is 3. The highest BCUT2D eigenvalue weighted by Crippen LogP contribution is 2.31. The van der Waals surface area contributed by atoms with Crippen molar-refractivity contribution >= 4 is 11.6 Å². The number of alkyl halides is 3. The summed E-state index contributed by atoms with van der Waals surface area (Å²) in [6.07, 6.45) is -1.52. The van der Waals surface area contributed by atoms with Gasteiger partial charge in [-0.1, -0.05) is 6.07 Å². The second-order valence-corrected chi connectivity index (χ2v) is 6.63. The Labute approximate surface area is 158 Å². The van der Waals surface area contributed by atoms with E-state index in [1.54, 1.807) is 22.4 Å². The molecular formula is C19H17F3N4O2. The van der Waals surface area contributed by atoms with Crippen LogP contribution in [-0.2, 0) is 6.18 Å². The molecule has 1 aliphatic heterocycles. The SMILES string of the molecule is Cc1nc2ccccn2c1C(=O)N1CC[C@H](Oc2cc(C(F)(F)F)ccn2)C1. The van der Waals surface area contributed by atoms with Crippen molar-refractivity contribution in [3.63, 3.8) is 0 Å². The van der Waals surface area contributed by atoms with Gasteiger partial charge in [-0.25, -0.2) is 9.97 Å². The molecule has 4 heterocycles. The lowest BCUT2D eigenvalue weighted by atomic mass is 10.2. The molecule has 6 nitrogen and oxygen atoms in total. The summed E-state index contributed by atoms with van der Waals surface area (Å²) in [6.45, 7) is 2.50. The van der Waals surface area contributed by atoms with Crippen molar-refractivity contribution in [3.8, 4) is 5.88 Å². The van der Waals surface area contributed by atoms with Crippen molar-refractivity contribution in [1.82, 2.24) is 19.3 Å². The van der Waals surface area contributed by atoms with Crippen molar-refractivity contribution in [3.05, 3.63) is 59.7 Å². The maximum atomic E-state index is 13.0. The van der Waals surface area contributed by atoms with Gasteiger partial charge in [0.1, 0.15) is 17.4 Å². The zero-order chi connectivity index (χ0) is 19.9. The molecule has 28 heavy (non-hydrogen) atoms. The van der Waals surface area contributed by atoms with Crippen molar-refractivity contribution in [2.24, 2.45) is 0 Å². The molecule has 0 N–H and O–H groups in total. The van der Waals surface area contributed by atoms with Crippen LogP contribution in [0.25, 0.3) is 5.65 Å². The lowest BCUT2D eigenvalue weighted by Gasteiger charge is -2.17. The molecule has 1 atom stereocenters. The molecule has 0 aliphatic carbocycles. The van der Waals surface area contributed by atoms with Gasteiger partial charge in [-0.15, -0.1) is 0 Å². The predicted octanol–water partition coefficient (Wildman–Crippen LogP) is 3.35. The fourth-order valence-corrected chi connectivity index (χ4v) is 3.35. The Bertz CT molecular complexity index is 1030. The van der Waals surface area contributed by atoms with Gasteiger partial charge in [0, 0.05) is 31.4 Å².